The van der Waals surface area contributed by atoms with Crippen molar-refractivity contribution in [2.24, 2.45) is 0 Å². The van der Waals surface area contributed by atoms with Crippen LogP contribution in [0.4, 0.5) is 5.69 Å². The molecule has 0 fully saturated rings. The monoisotopic (exact) mass is 313 g/mol. The zero-order valence-electron chi connectivity index (χ0n) is 9.17. The Bertz CT molecular complexity index is 740. The van der Waals surface area contributed by atoms with E-state index in [0.717, 1.165) is 11.3 Å². The van der Waals surface area contributed by atoms with Gasteiger partial charge in [0.1, 0.15) is 6.33 Å². The first kappa shape index (κ1) is 12.3. The molecule has 96 valence electrons. The third-order valence-corrected chi connectivity index (χ3v) is 3.91. The minimum atomic E-state index is -0.339. The number of hydrogen-bond donors (Lipinski definition) is 1. The molecule has 0 aliphatic heterocycles. The standard InChI is InChI=1S/C10H5Cl2N5OS/c11-6-2-1-5(3-7(6)12)14-8(18)9-16-17-4-13-15-10(17)19-9/h1-4H,(H,14,18). The second kappa shape index (κ2) is 4.76. The van der Waals surface area contributed by atoms with Gasteiger partial charge < -0.3 is 5.32 Å². The molecule has 0 aliphatic carbocycles. The van der Waals surface area contributed by atoms with E-state index in [0.29, 0.717) is 20.7 Å². The lowest BCUT2D eigenvalue weighted by molar-refractivity contribution is 0.102. The van der Waals surface area contributed by atoms with E-state index in [9.17, 15) is 4.79 Å². The molecule has 2 heterocycles. The van der Waals surface area contributed by atoms with Gasteiger partial charge in [-0.2, -0.15) is 4.52 Å². The van der Waals surface area contributed by atoms with E-state index in [1.807, 2.05) is 0 Å². The van der Waals surface area contributed by atoms with Crippen molar-refractivity contribution in [3.8, 4) is 0 Å². The first-order valence-electron chi connectivity index (χ1n) is 5.07. The summed E-state index contributed by atoms with van der Waals surface area (Å²) >= 11 is 12.8. The van der Waals surface area contributed by atoms with Crippen molar-refractivity contribution in [3.05, 3.63) is 39.6 Å². The van der Waals surface area contributed by atoms with Crippen molar-refractivity contribution < 1.29 is 4.79 Å². The Balaban J connectivity index is 1.84. The molecule has 0 spiro atoms. The zero-order valence-corrected chi connectivity index (χ0v) is 11.5. The summed E-state index contributed by atoms with van der Waals surface area (Å²) in [6.45, 7) is 0. The van der Waals surface area contributed by atoms with Gasteiger partial charge in [-0.1, -0.05) is 34.5 Å². The predicted molar refractivity (Wildman–Crippen MR) is 73.1 cm³/mol. The first-order valence-corrected chi connectivity index (χ1v) is 6.64. The van der Waals surface area contributed by atoms with Crippen LogP contribution in [-0.4, -0.2) is 25.7 Å². The van der Waals surface area contributed by atoms with Crippen molar-refractivity contribution in [2.75, 3.05) is 5.32 Å². The number of carbonyl (C=O) groups excluding carboxylic acids is 1. The number of hydrogen-bond acceptors (Lipinski definition) is 5. The van der Waals surface area contributed by atoms with Gasteiger partial charge in [-0.15, -0.1) is 15.3 Å². The number of rotatable bonds is 2. The molecular formula is C10H5Cl2N5OS. The fourth-order valence-electron chi connectivity index (χ4n) is 1.41. The maximum absolute atomic E-state index is 12.0. The van der Waals surface area contributed by atoms with Crippen molar-refractivity contribution in [1.82, 2.24) is 19.8 Å². The van der Waals surface area contributed by atoms with E-state index in [2.05, 4.69) is 20.6 Å². The average Bonchev–Trinajstić information content (AvgIpc) is 2.94. The quantitative estimate of drug-likeness (QED) is 0.789. The molecule has 0 aliphatic rings. The van der Waals surface area contributed by atoms with E-state index in [-0.39, 0.29) is 10.9 Å². The molecule has 3 aromatic rings. The number of halogens is 2. The van der Waals surface area contributed by atoms with Crippen molar-refractivity contribution in [3.63, 3.8) is 0 Å². The fourth-order valence-corrected chi connectivity index (χ4v) is 2.42. The molecule has 19 heavy (non-hydrogen) atoms. The Kier molecular flexibility index (Phi) is 3.09. The molecule has 0 unspecified atom stereocenters. The molecule has 9 heteroatoms. The predicted octanol–water partition coefficient (Wildman–Crippen LogP) is 2.74. The van der Waals surface area contributed by atoms with Gasteiger partial charge in [-0.25, -0.2) is 0 Å². The number of amides is 1. The maximum atomic E-state index is 12.0. The Labute approximate surface area is 121 Å². The Morgan fingerprint density at radius 2 is 2.16 bits per heavy atom. The molecule has 1 amide bonds. The second-order valence-electron chi connectivity index (χ2n) is 3.55. The molecule has 3 rings (SSSR count). The van der Waals surface area contributed by atoms with Crippen molar-refractivity contribution in [2.45, 2.75) is 0 Å². The van der Waals surface area contributed by atoms with Crippen LogP contribution in [0.1, 0.15) is 9.80 Å². The number of nitrogens with one attached hydrogen (secondary N) is 1. The molecule has 0 atom stereocenters. The SMILES string of the molecule is O=C(Nc1ccc(Cl)c(Cl)c1)c1nn2cnnc2s1. The number of carbonyl (C=O) groups is 1. The van der Waals surface area contributed by atoms with Crippen LogP contribution in [-0.2, 0) is 0 Å². The topological polar surface area (TPSA) is 72.2 Å². The molecule has 1 N–H and O–H groups in total. The van der Waals surface area contributed by atoms with E-state index in [1.54, 1.807) is 18.2 Å². The van der Waals surface area contributed by atoms with E-state index < -0.39 is 0 Å². The summed E-state index contributed by atoms with van der Waals surface area (Å²) < 4.78 is 1.44. The minimum Gasteiger partial charge on any atom is -0.320 e. The normalized spacial score (nSPS) is 10.8. The van der Waals surface area contributed by atoms with Gasteiger partial charge in [0, 0.05) is 5.69 Å². The number of aromatic nitrogens is 4. The van der Waals surface area contributed by atoms with Crippen LogP contribution in [0.5, 0.6) is 0 Å². The second-order valence-corrected chi connectivity index (χ2v) is 5.32. The van der Waals surface area contributed by atoms with Gasteiger partial charge in [0.05, 0.1) is 10.0 Å². The van der Waals surface area contributed by atoms with Gasteiger partial charge in [0.2, 0.25) is 9.97 Å². The highest BCUT2D eigenvalue weighted by Crippen LogP contribution is 2.25. The summed E-state index contributed by atoms with van der Waals surface area (Å²) in [6, 6.07) is 4.84. The summed E-state index contributed by atoms with van der Waals surface area (Å²) in [4.78, 5) is 12.5. The van der Waals surface area contributed by atoms with Crippen LogP contribution in [0.3, 0.4) is 0 Å². The van der Waals surface area contributed by atoms with Gasteiger partial charge in [0.15, 0.2) is 0 Å². The molecular weight excluding hydrogens is 309 g/mol. The highest BCUT2D eigenvalue weighted by Gasteiger charge is 2.14. The van der Waals surface area contributed by atoms with E-state index in [4.69, 9.17) is 23.2 Å². The highest BCUT2D eigenvalue weighted by atomic mass is 35.5. The summed E-state index contributed by atoms with van der Waals surface area (Å²) in [5, 5.41) is 15.3. The van der Waals surface area contributed by atoms with Crippen LogP contribution in [0.2, 0.25) is 10.0 Å². The summed E-state index contributed by atoms with van der Waals surface area (Å²) in [7, 11) is 0. The largest absolute Gasteiger partial charge is 0.320 e. The zero-order chi connectivity index (χ0) is 13.4. The molecule has 6 nitrogen and oxygen atoms in total. The van der Waals surface area contributed by atoms with Crippen LogP contribution in [0.25, 0.3) is 4.96 Å². The molecule has 0 saturated heterocycles. The molecule has 1 aromatic carbocycles. The lowest BCUT2D eigenvalue weighted by Crippen LogP contribution is -2.11. The fraction of sp³-hybridized carbons (Fsp3) is 0. The van der Waals surface area contributed by atoms with Crippen LogP contribution < -0.4 is 5.32 Å². The molecule has 2 aromatic heterocycles. The number of fused-ring (bicyclic) bond motifs is 1. The maximum Gasteiger partial charge on any atom is 0.286 e. The molecule has 0 bridgehead atoms. The number of benzene rings is 1. The van der Waals surface area contributed by atoms with Crippen LogP contribution >= 0.6 is 34.5 Å². The Morgan fingerprint density at radius 3 is 2.89 bits per heavy atom. The van der Waals surface area contributed by atoms with Crippen molar-refractivity contribution >= 4 is 51.1 Å². The van der Waals surface area contributed by atoms with E-state index in [1.165, 1.54) is 10.8 Å². The van der Waals surface area contributed by atoms with Gasteiger partial charge in [0.25, 0.3) is 5.91 Å². The Hall–Kier alpha value is -1.70. The lowest BCUT2D eigenvalue weighted by atomic mass is 10.3. The summed E-state index contributed by atoms with van der Waals surface area (Å²) in [5.41, 5.74) is 0.547. The number of anilines is 1. The van der Waals surface area contributed by atoms with Crippen molar-refractivity contribution in [1.29, 1.82) is 0 Å². The van der Waals surface area contributed by atoms with Crippen LogP contribution in [0.15, 0.2) is 24.5 Å². The van der Waals surface area contributed by atoms with Gasteiger partial charge in [-0.05, 0) is 18.2 Å². The highest BCUT2D eigenvalue weighted by molar-refractivity contribution is 7.18. The lowest BCUT2D eigenvalue weighted by Gasteiger charge is -2.03. The van der Waals surface area contributed by atoms with Gasteiger partial charge in [-0.3, -0.25) is 4.79 Å². The van der Waals surface area contributed by atoms with Gasteiger partial charge >= 0.3 is 0 Å². The molecule has 0 radical (unpaired) electrons. The number of nitrogens with zero attached hydrogens (tertiary/aromatic N) is 4. The summed E-state index contributed by atoms with van der Waals surface area (Å²) in [6.07, 6.45) is 1.43. The minimum absolute atomic E-state index is 0.288. The smallest absolute Gasteiger partial charge is 0.286 e. The average molecular weight is 314 g/mol. The first-order chi connectivity index (χ1) is 9.13. The Morgan fingerprint density at radius 1 is 1.32 bits per heavy atom. The van der Waals surface area contributed by atoms with Crippen LogP contribution in [0, 0.1) is 0 Å². The van der Waals surface area contributed by atoms with E-state index >= 15 is 0 Å². The third kappa shape index (κ3) is 2.40. The molecule has 0 saturated carbocycles. The summed E-state index contributed by atoms with van der Waals surface area (Å²) in [5.74, 6) is -0.339. The third-order valence-electron chi connectivity index (χ3n) is 2.26.